The fourth-order valence-corrected chi connectivity index (χ4v) is 2.68. The molecule has 1 saturated heterocycles. The van der Waals surface area contributed by atoms with E-state index in [2.05, 4.69) is 0 Å². The standard InChI is InChI=1S/C14H14Cl3NO3/c1-8-6-18(3-2-12(8)19)14(20)7-21-13-5-10(16)9(15)4-11(13)17/h4-5,8H,2-3,6-7H2,1H3/t8-/m0/s1. The molecule has 1 atom stereocenters. The van der Waals surface area contributed by atoms with E-state index in [-0.39, 0.29) is 24.2 Å². The molecule has 0 saturated carbocycles. The molecule has 1 aliphatic rings. The van der Waals surface area contributed by atoms with Gasteiger partial charge >= 0.3 is 0 Å². The molecule has 1 heterocycles. The lowest BCUT2D eigenvalue weighted by Crippen LogP contribution is -2.45. The average molecular weight is 351 g/mol. The van der Waals surface area contributed by atoms with E-state index < -0.39 is 0 Å². The van der Waals surface area contributed by atoms with Gasteiger partial charge in [-0.3, -0.25) is 9.59 Å². The van der Waals surface area contributed by atoms with Crippen molar-refractivity contribution in [2.75, 3.05) is 19.7 Å². The largest absolute Gasteiger partial charge is 0.482 e. The van der Waals surface area contributed by atoms with Crippen molar-refractivity contribution in [2.24, 2.45) is 5.92 Å². The molecule has 7 heteroatoms. The van der Waals surface area contributed by atoms with Gasteiger partial charge in [-0.25, -0.2) is 0 Å². The second-order valence-electron chi connectivity index (χ2n) is 4.94. The van der Waals surface area contributed by atoms with Crippen LogP contribution >= 0.6 is 34.8 Å². The molecule has 1 amide bonds. The highest BCUT2D eigenvalue weighted by atomic mass is 35.5. The Bertz CT molecular complexity index is 577. The van der Waals surface area contributed by atoms with Crippen LogP contribution in [0, 0.1) is 5.92 Å². The first-order valence-electron chi connectivity index (χ1n) is 6.46. The molecule has 21 heavy (non-hydrogen) atoms. The van der Waals surface area contributed by atoms with Gasteiger partial charge in [0.05, 0.1) is 15.1 Å². The van der Waals surface area contributed by atoms with Crippen molar-refractivity contribution in [3.05, 3.63) is 27.2 Å². The third-order valence-electron chi connectivity index (χ3n) is 3.35. The second kappa shape index (κ2) is 6.86. The Balaban J connectivity index is 1.95. The molecule has 0 unspecified atom stereocenters. The van der Waals surface area contributed by atoms with E-state index in [1.165, 1.54) is 12.1 Å². The van der Waals surface area contributed by atoms with E-state index in [9.17, 15) is 9.59 Å². The molecule has 1 aromatic rings. The zero-order chi connectivity index (χ0) is 15.6. The third kappa shape index (κ3) is 4.02. The first-order chi connectivity index (χ1) is 9.88. The van der Waals surface area contributed by atoms with Gasteiger partial charge in [0.2, 0.25) is 0 Å². The lowest BCUT2D eigenvalue weighted by Gasteiger charge is -2.30. The first-order valence-corrected chi connectivity index (χ1v) is 7.59. The van der Waals surface area contributed by atoms with Gasteiger partial charge in [0, 0.05) is 31.5 Å². The maximum atomic E-state index is 12.1. The van der Waals surface area contributed by atoms with Crippen molar-refractivity contribution in [3.63, 3.8) is 0 Å². The van der Waals surface area contributed by atoms with E-state index in [0.717, 1.165) is 0 Å². The number of hydrogen-bond donors (Lipinski definition) is 0. The minimum atomic E-state index is -0.184. The molecule has 1 aliphatic heterocycles. The summed E-state index contributed by atoms with van der Waals surface area (Å²) < 4.78 is 5.40. The molecule has 4 nitrogen and oxygen atoms in total. The Hall–Kier alpha value is -0.970. The number of carbonyl (C=O) groups excluding carboxylic acids is 2. The zero-order valence-corrected chi connectivity index (χ0v) is 13.6. The molecule has 1 fully saturated rings. The van der Waals surface area contributed by atoms with Gasteiger partial charge in [-0.05, 0) is 6.07 Å². The molecule has 1 aromatic carbocycles. The summed E-state index contributed by atoms with van der Waals surface area (Å²) in [4.78, 5) is 25.1. The van der Waals surface area contributed by atoms with E-state index in [4.69, 9.17) is 39.5 Å². The summed E-state index contributed by atoms with van der Waals surface area (Å²) in [6.45, 7) is 2.52. The van der Waals surface area contributed by atoms with Crippen molar-refractivity contribution in [1.29, 1.82) is 0 Å². The third-order valence-corrected chi connectivity index (χ3v) is 4.37. The minimum absolute atomic E-state index is 0.128. The molecular weight excluding hydrogens is 337 g/mol. The minimum Gasteiger partial charge on any atom is -0.482 e. The van der Waals surface area contributed by atoms with Crippen LogP contribution in [0.3, 0.4) is 0 Å². The highest BCUT2D eigenvalue weighted by molar-refractivity contribution is 6.43. The van der Waals surface area contributed by atoms with Gasteiger partial charge < -0.3 is 9.64 Å². The zero-order valence-electron chi connectivity index (χ0n) is 11.4. The van der Waals surface area contributed by atoms with Crippen molar-refractivity contribution in [3.8, 4) is 5.75 Å². The van der Waals surface area contributed by atoms with Gasteiger partial charge in [-0.1, -0.05) is 41.7 Å². The smallest absolute Gasteiger partial charge is 0.260 e. The topological polar surface area (TPSA) is 46.6 Å². The molecule has 0 radical (unpaired) electrons. The molecular formula is C14H14Cl3NO3. The number of piperidine rings is 1. The summed E-state index contributed by atoms with van der Waals surface area (Å²) in [7, 11) is 0. The lowest BCUT2D eigenvalue weighted by atomic mass is 9.99. The number of rotatable bonds is 3. The van der Waals surface area contributed by atoms with Crippen LogP contribution in [-0.4, -0.2) is 36.3 Å². The summed E-state index contributed by atoms with van der Waals surface area (Å²) >= 11 is 17.7. The van der Waals surface area contributed by atoms with Gasteiger partial charge in [-0.15, -0.1) is 0 Å². The first kappa shape index (κ1) is 16.4. The highest BCUT2D eigenvalue weighted by Gasteiger charge is 2.26. The number of hydrogen-bond acceptors (Lipinski definition) is 3. The van der Waals surface area contributed by atoms with Crippen LogP contribution < -0.4 is 4.74 Å². The Labute approximate surface area is 137 Å². The van der Waals surface area contributed by atoms with E-state index in [1.54, 1.807) is 4.90 Å². The fraction of sp³-hybridized carbons (Fsp3) is 0.429. The quantitative estimate of drug-likeness (QED) is 0.784. The van der Waals surface area contributed by atoms with Crippen molar-refractivity contribution in [1.82, 2.24) is 4.90 Å². The molecule has 0 N–H and O–H groups in total. The van der Waals surface area contributed by atoms with Crippen LogP contribution in [0.1, 0.15) is 13.3 Å². The summed E-state index contributed by atoms with van der Waals surface area (Å²) in [5.41, 5.74) is 0. The average Bonchev–Trinajstić information content (AvgIpc) is 2.44. The summed E-state index contributed by atoms with van der Waals surface area (Å²) in [5, 5.41) is 0.920. The van der Waals surface area contributed by atoms with Gasteiger partial charge in [-0.2, -0.15) is 0 Å². The SMILES string of the molecule is C[C@H]1CN(C(=O)COc2cc(Cl)c(Cl)cc2Cl)CCC1=O. The maximum absolute atomic E-state index is 12.1. The molecule has 0 aromatic heterocycles. The predicted octanol–water partition coefficient (Wildman–Crippen LogP) is 3.46. The van der Waals surface area contributed by atoms with Gasteiger partial charge in [0.25, 0.3) is 5.91 Å². The number of ketones is 1. The highest BCUT2D eigenvalue weighted by Crippen LogP contribution is 2.33. The fourth-order valence-electron chi connectivity index (χ4n) is 2.09. The van der Waals surface area contributed by atoms with Crippen molar-refractivity contribution < 1.29 is 14.3 Å². The van der Waals surface area contributed by atoms with Crippen LogP contribution in [0.4, 0.5) is 0 Å². The number of carbonyl (C=O) groups is 2. The number of likely N-dealkylation sites (tertiary alicyclic amines) is 1. The monoisotopic (exact) mass is 349 g/mol. The van der Waals surface area contributed by atoms with E-state index in [0.29, 0.717) is 40.3 Å². The van der Waals surface area contributed by atoms with Crippen LogP contribution in [0.2, 0.25) is 15.1 Å². The van der Waals surface area contributed by atoms with Gasteiger partial charge in [0.1, 0.15) is 11.5 Å². The normalized spacial score (nSPS) is 18.8. The Kier molecular flexibility index (Phi) is 5.36. The number of benzene rings is 1. The van der Waals surface area contributed by atoms with E-state index in [1.807, 2.05) is 6.92 Å². The predicted molar refractivity (Wildman–Crippen MR) is 82.3 cm³/mol. The van der Waals surface area contributed by atoms with Gasteiger partial charge in [0.15, 0.2) is 6.61 Å². The van der Waals surface area contributed by atoms with Crippen LogP contribution in [0.5, 0.6) is 5.75 Å². The maximum Gasteiger partial charge on any atom is 0.260 e. The Morgan fingerprint density at radius 1 is 1.29 bits per heavy atom. The number of ether oxygens (including phenoxy) is 1. The molecule has 2 rings (SSSR count). The molecule has 0 aliphatic carbocycles. The lowest BCUT2D eigenvalue weighted by molar-refractivity contribution is -0.138. The second-order valence-corrected chi connectivity index (χ2v) is 6.16. The summed E-state index contributed by atoms with van der Waals surface area (Å²) in [6, 6.07) is 2.94. The van der Waals surface area contributed by atoms with E-state index >= 15 is 0 Å². The van der Waals surface area contributed by atoms with Crippen LogP contribution in [0.25, 0.3) is 0 Å². The number of nitrogens with zero attached hydrogens (tertiary/aromatic N) is 1. The molecule has 0 spiro atoms. The number of halogens is 3. The summed E-state index contributed by atoms with van der Waals surface area (Å²) in [5.74, 6) is 0.181. The summed E-state index contributed by atoms with van der Waals surface area (Å²) in [6.07, 6.45) is 0.389. The Morgan fingerprint density at radius 2 is 1.95 bits per heavy atom. The Morgan fingerprint density at radius 3 is 2.62 bits per heavy atom. The van der Waals surface area contributed by atoms with Crippen LogP contribution in [0.15, 0.2) is 12.1 Å². The molecule has 114 valence electrons. The van der Waals surface area contributed by atoms with Crippen molar-refractivity contribution >= 4 is 46.5 Å². The molecule has 0 bridgehead atoms. The van der Waals surface area contributed by atoms with Crippen LogP contribution in [-0.2, 0) is 9.59 Å². The number of Topliss-reactive ketones (excluding diaryl/α,β-unsaturated/α-hetero) is 1. The van der Waals surface area contributed by atoms with Crippen molar-refractivity contribution in [2.45, 2.75) is 13.3 Å². The number of amides is 1.